The van der Waals surface area contributed by atoms with Crippen molar-refractivity contribution in [2.75, 3.05) is 12.8 Å². The number of hydrogen-bond donors (Lipinski definition) is 2. The largest absolute Gasteiger partial charge is 0.397 e. The summed E-state index contributed by atoms with van der Waals surface area (Å²) in [5.74, 6) is -0.0935. The molecule has 0 saturated carbocycles. The van der Waals surface area contributed by atoms with Crippen LogP contribution in [0.5, 0.6) is 0 Å². The van der Waals surface area contributed by atoms with Gasteiger partial charge in [-0.15, -0.1) is 0 Å². The van der Waals surface area contributed by atoms with Gasteiger partial charge in [0.25, 0.3) is 5.91 Å². The molecule has 1 heterocycles. The topological polar surface area (TPSA) is 68.0 Å². The number of hydrogen-bond acceptors (Lipinski definition) is 3. The Labute approximate surface area is 106 Å². The molecule has 1 amide bonds. The summed E-state index contributed by atoms with van der Waals surface area (Å²) in [6.07, 6.45) is 1.64. The van der Waals surface area contributed by atoms with Crippen LogP contribution in [0.4, 0.5) is 5.69 Å². The normalized spacial score (nSPS) is 10.1. The molecule has 0 atom stereocenters. The van der Waals surface area contributed by atoms with Crippen molar-refractivity contribution >= 4 is 11.6 Å². The molecule has 1 aromatic heterocycles. The summed E-state index contributed by atoms with van der Waals surface area (Å²) in [6.45, 7) is 1.93. The lowest BCUT2D eigenvalue weighted by atomic mass is 10.0. The third-order valence-corrected chi connectivity index (χ3v) is 2.79. The van der Waals surface area contributed by atoms with Crippen molar-refractivity contribution in [3.63, 3.8) is 0 Å². The van der Waals surface area contributed by atoms with Crippen molar-refractivity contribution in [2.24, 2.45) is 0 Å². The first kappa shape index (κ1) is 12.1. The zero-order valence-electron chi connectivity index (χ0n) is 10.4. The number of nitrogens with one attached hydrogen (secondary N) is 1. The number of amides is 1. The Kier molecular flexibility index (Phi) is 3.28. The van der Waals surface area contributed by atoms with Gasteiger partial charge in [-0.05, 0) is 30.7 Å². The summed E-state index contributed by atoms with van der Waals surface area (Å²) in [5, 5.41) is 2.59. The molecule has 92 valence electrons. The lowest BCUT2D eigenvalue weighted by Crippen LogP contribution is -2.17. The number of aryl methyl sites for hydroxylation is 1. The predicted octanol–water partition coefficient (Wildman–Crippen LogP) is 2.00. The van der Waals surface area contributed by atoms with E-state index in [9.17, 15) is 4.79 Å². The van der Waals surface area contributed by atoms with Crippen LogP contribution in [-0.4, -0.2) is 17.9 Å². The Bertz CT molecular complexity index is 576. The van der Waals surface area contributed by atoms with Crippen LogP contribution >= 0.6 is 0 Å². The minimum absolute atomic E-state index is 0.0935. The Balaban J connectivity index is 2.40. The SMILES string of the molecule is CNC(=O)c1ccc(-c2cc(N)cnc2C)cc1. The van der Waals surface area contributed by atoms with Gasteiger partial charge in [-0.2, -0.15) is 0 Å². The van der Waals surface area contributed by atoms with Crippen molar-refractivity contribution in [2.45, 2.75) is 6.92 Å². The minimum Gasteiger partial charge on any atom is -0.397 e. The fourth-order valence-corrected chi connectivity index (χ4v) is 1.79. The smallest absolute Gasteiger partial charge is 0.251 e. The number of benzene rings is 1. The lowest BCUT2D eigenvalue weighted by molar-refractivity contribution is 0.0963. The maximum Gasteiger partial charge on any atom is 0.251 e. The fourth-order valence-electron chi connectivity index (χ4n) is 1.79. The molecule has 2 rings (SSSR count). The molecule has 0 bridgehead atoms. The number of carbonyl (C=O) groups is 1. The van der Waals surface area contributed by atoms with Crippen LogP contribution in [-0.2, 0) is 0 Å². The number of nitrogens with two attached hydrogens (primary N) is 1. The summed E-state index contributed by atoms with van der Waals surface area (Å²) in [7, 11) is 1.61. The quantitative estimate of drug-likeness (QED) is 0.845. The fraction of sp³-hybridized carbons (Fsp3) is 0.143. The zero-order valence-corrected chi connectivity index (χ0v) is 10.4. The summed E-state index contributed by atoms with van der Waals surface area (Å²) in [5.41, 5.74) is 9.90. The number of nitrogen functional groups attached to an aromatic ring is 1. The number of nitrogens with zero attached hydrogens (tertiary/aromatic N) is 1. The minimum atomic E-state index is -0.0935. The summed E-state index contributed by atoms with van der Waals surface area (Å²) in [4.78, 5) is 15.7. The van der Waals surface area contributed by atoms with E-state index in [1.54, 1.807) is 25.4 Å². The number of aromatic nitrogens is 1. The van der Waals surface area contributed by atoms with Gasteiger partial charge >= 0.3 is 0 Å². The van der Waals surface area contributed by atoms with Crippen LogP contribution in [0, 0.1) is 6.92 Å². The van der Waals surface area contributed by atoms with E-state index in [2.05, 4.69) is 10.3 Å². The lowest BCUT2D eigenvalue weighted by Gasteiger charge is -2.07. The number of carbonyl (C=O) groups excluding carboxylic acids is 1. The van der Waals surface area contributed by atoms with Gasteiger partial charge < -0.3 is 11.1 Å². The highest BCUT2D eigenvalue weighted by atomic mass is 16.1. The number of pyridine rings is 1. The van der Waals surface area contributed by atoms with Gasteiger partial charge in [-0.1, -0.05) is 12.1 Å². The van der Waals surface area contributed by atoms with Crippen molar-refractivity contribution in [1.82, 2.24) is 10.3 Å². The van der Waals surface area contributed by atoms with Gasteiger partial charge in [0.2, 0.25) is 0 Å². The molecule has 0 fully saturated rings. The maximum atomic E-state index is 11.4. The summed E-state index contributed by atoms with van der Waals surface area (Å²) >= 11 is 0. The molecule has 1 aromatic carbocycles. The molecule has 2 aromatic rings. The first-order chi connectivity index (χ1) is 8.61. The van der Waals surface area contributed by atoms with Crippen molar-refractivity contribution in [3.8, 4) is 11.1 Å². The van der Waals surface area contributed by atoms with E-state index >= 15 is 0 Å². The highest BCUT2D eigenvalue weighted by Gasteiger charge is 2.06. The average molecular weight is 241 g/mol. The van der Waals surface area contributed by atoms with Crippen molar-refractivity contribution in [1.29, 1.82) is 0 Å². The summed E-state index contributed by atoms with van der Waals surface area (Å²) < 4.78 is 0. The van der Waals surface area contributed by atoms with E-state index < -0.39 is 0 Å². The molecule has 0 radical (unpaired) electrons. The molecule has 0 aliphatic heterocycles. The third-order valence-electron chi connectivity index (χ3n) is 2.79. The molecular formula is C14H15N3O. The maximum absolute atomic E-state index is 11.4. The molecule has 0 saturated heterocycles. The summed E-state index contributed by atoms with van der Waals surface area (Å²) in [6, 6.07) is 9.26. The molecular weight excluding hydrogens is 226 g/mol. The molecule has 0 spiro atoms. The van der Waals surface area contributed by atoms with Crippen LogP contribution < -0.4 is 11.1 Å². The second-order valence-electron chi connectivity index (χ2n) is 4.06. The number of anilines is 1. The van der Waals surface area contributed by atoms with Gasteiger partial charge in [0.05, 0.1) is 11.9 Å². The van der Waals surface area contributed by atoms with Gasteiger partial charge in [-0.25, -0.2) is 0 Å². The van der Waals surface area contributed by atoms with Crippen LogP contribution in [0.1, 0.15) is 16.1 Å². The van der Waals surface area contributed by atoms with Crippen LogP contribution in [0.25, 0.3) is 11.1 Å². The average Bonchev–Trinajstić information content (AvgIpc) is 2.41. The second-order valence-corrected chi connectivity index (χ2v) is 4.06. The molecule has 4 heteroatoms. The highest BCUT2D eigenvalue weighted by Crippen LogP contribution is 2.24. The van der Waals surface area contributed by atoms with E-state index in [1.807, 2.05) is 25.1 Å². The van der Waals surface area contributed by atoms with E-state index in [0.29, 0.717) is 11.3 Å². The molecule has 3 N–H and O–H groups in total. The second kappa shape index (κ2) is 4.87. The first-order valence-corrected chi connectivity index (χ1v) is 5.66. The molecule has 0 unspecified atom stereocenters. The molecule has 18 heavy (non-hydrogen) atoms. The van der Waals surface area contributed by atoms with Gasteiger partial charge in [0.15, 0.2) is 0 Å². The van der Waals surface area contributed by atoms with E-state index in [0.717, 1.165) is 16.8 Å². The van der Waals surface area contributed by atoms with Gasteiger partial charge in [0, 0.05) is 23.9 Å². The zero-order chi connectivity index (χ0) is 13.1. The first-order valence-electron chi connectivity index (χ1n) is 5.66. The van der Waals surface area contributed by atoms with Crippen molar-refractivity contribution < 1.29 is 4.79 Å². The van der Waals surface area contributed by atoms with E-state index in [-0.39, 0.29) is 5.91 Å². The number of rotatable bonds is 2. The molecule has 0 aliphatic rings. The molecule has 4 nitrogen and oxygen atoms in total. The van der Waals surface area contributed by atoms with Gasteiger partial charge in [0.1, 0.15) is 0 Å². The third kappa shape index (κ3) is 2.32. The van der Waals surface area contributed by atoms with Crippen LogP contribution in [0.15, 0.2) is 36.5 Å². The molecule has 0 aliphatic carbocycles. The Hall–Kier alpha value is -2.36. The standard InChI is InChI=1S/C14H15N3O/c1-9-13(7-12(15)8-17-9)10-3-5-11(6-4-10)14(18)16-2/h3-8H,15H2,1-2H3,(H,16,18). The van der Waals surface area contributed by atoms with Crippen molar-refractivity contribution in [3.05, 3.63) is 47.8 Å². The van der Waals surface area contributed by atoms with Gasteiger partial charge in [-0.3, -0.25) is 9.78 Å². The van der Waals surface area contributed by atoms with E-state index in [1.165, 1.54) is 0 Å². The van der Waals surface area contributed by atoms with Crippen LogP contribution in [0.3, 0.4) is 0 Å². The Morgan fingerprint density at radius 1 is 1.28 bits per heavy atom. The Morgan fingerprint density at radius 3 is 2.56 bits per heavy atom. The van der Waals surface area contributed by atoms with Crippen LogP contribution in [0.2, 0.25) is 0 Å². The highest BCUT2D eigenvalue weighted by molar-refractivity contribution is 5.94. The monoisotopic (exact) mass is 241 g/mol. The Morgan fingerprint density at radius 2 is 1.94 bits per heavy atom. The predicted molar refractivity (Wildman–Crippen MR) is 72.2 cm³/mol. The van der Waals surface area contributed by atoms with E-state index in [4.69, 9.17) is 5.73 Å².